The van der Waals surface area contributed by atoms with E-state index in [0.717, 1.165) is 0 Å². The van der Waals surface area contributed by atoms with E-state index in [0.29, 0.717) is 0 Å². The van der Waals surface area contributed by atoms with Crippen molar-refractivity contribution in [2.75, 3.05) is 0 Å². The van der Waals surface area contributed by atoms with Crippen LogP contribution >= 0.6 is 0 Å². The van der Waals surface area contributed by atoms with Crippen molar-refractivity contribution in [3.05, 3.63) is 0 Å². The molecule has 24 heavy (non-hydrogen) atoms. The number of hydrogen-bond donors (Lipinski definition) is 0. The molecule has 0 aliphatic rings. The molecule has 0 aliphatic carbocycles. The lowest BCUT2D eigenvalue weighted by molar-refractivity contribution is -0.439. The van der Waals surface area contributed by atoms with Crippen LogP contribution < -0.4 is 0 Å². The van der Waals surface area contributed by atoms with Crippen molar-refractivity contribution in [1.29, 1.82) is 0 Å². The molecule has 0 amide bonds. The Morgan fingerprint density at radius 2 is 0.500 bits per heavy atom. The quantitative estimate of drug-likeness (QED) is 0.506. The summed E-state index contributed by atoms with van der Waals surface area (Å²) >= 11 is 0. The van der Waals surface area contributed by atoms with Gasteiger partial charge in [0.25, 0.3) is 0 Å². The lowest BCUT2D eigenvalue weighted by Crippen LogP contribution is -2.72. The minimum absolute atomic E-state index is 5.82. The third-order valence-electron chi connectivity index (χ3n) is 2.57. The van der Waals surface area contributed by atoms with Gasteiger partial charge in [-0.1, -0.05) is 0 Å². The molecule has 0 unspecified atom stereocenters. The standard InChI is InChI=1S/C8H2F16/c9-1(10)3(13,14)5(17,18)7(21,22)8(23,24)6(19,20)4(15,16)2(11)12/h1-2H. The first-order valence-corrected chi connectivity index (χ1v) is 4.97. The van der Waals surface area contributed by atoms with E-state index in [-0.39, 0.29) is 0 Å². The Morgan fingerprint density at radius 3 is 0.625 bits per heavy atom. The van der Waals surface area contributed by atoms with E-state index in [9.17, 15) is 70.2 Å². The van der Waals surface area contributed by atoms with E-state index in [2.05, 4.69) is 0 Å². The van der Waals surface area contributed by atoms with Gasteiger partial charge in [0.05, 0.1) is 0 Å². The first kappa shape index (κ1) is 22.9. The molecule has 0 saturated heterocycles. The zero-order valence-corrected chi connectivity index (χ0v) is 10.2. The number of rotatable bonds is 7. The van der Waals surface area contributed by atoms with Crippen LogP contribution in [0.3, 0.4) is 0 Å². The molecule has 0 heterocycles. The Kier molecular flexibility index (Phi) is 5.44. The summed E-state index contributed by atoms with van der Waals surface area (Å²) in [4.78, 5) is 0. The Labute approximate surface area is 120 Å². The summed E-state index contributed by atoms with van der Waals surface area (Å²) in [5.74, 6) is -47.4. The number of halogens is 16. The van der Waals surface area contributed by atoms with E-state index in [1.54, 1.807) is 0 Å². The molecule has 0 saturated carbocycles. The maximum atomic E-state index is 12.8. The van der Waals surface area contributed by atoms with Crippen molar-refractivity contribution in [1.82, 2.24) is 0 Å². The summed E-state index contributed by atoms with van der Waals surface area (Å²) in [7, 11) is 0. The molecular weight excluding hydrogens is 400 g/mol. The molecule has 0 fully saturated rings. The van der Waals surface area contributed by atoms with Crippen LogP contribution in [0.4, 0.5) is 70.2 Å². The third-order valence-corrected chi connectivity index (χ3v) is 2.57. The van der Waals surface area contributed by atoms with Gasteiger partial charge in [0.2, 0.25) is 0 Å². The van der Waals surface area contributed by atoms with Gasteiger partial charge in [0, 0.05) is 0 Å². The van der Waals surface area contributed by atoms with E-state index in [1.165, 1.54) is 0 Å². The average Bonchev–Trinajstić information content (AvgIpc) is 2.36. The van der Waals surface area contributed by atoms with Crippen LogP contribution in [-0.4, -0.2) is 48.4 Å². The fraction of sp³-hybridized carbons (Fsp3) is 1.00. The Hall–Kier alpha value is -1.12. The summed E-state index contributed by atoms with van der Waals surface area (Å²) in [5, 5.41) is 0. The lowest BCUT2D eigenvalue weighted by atomic mass is 9.91. The second kappa shape index (κ2) is 5.71. The maximum Gasteiger partial charge on any atom is 0.384 e. The predicted molar refractivity (Wildman–Crippen MR) is 41.7 cm³/mol. The van der Waals surface area contributed by atoms with E-state index >= 15 is 0 Å². The zero-order valence-electron chi connectivity index (χ0n) is 10.2. The fourth-order valence-electron chi connectivity index (χ4n) is 1.09. The lowest BCUT2D eigenvalue weighted by Gasteiger charge is -2.40. The summed E-state index contributed by atoms with van der Waals surface area (Å²) in [6.07, 6.45) is -11.6. The van der Waals surface area contributed by atoms with Crippen molar-refractivity contribution in [2.24, 2.45) is 0 Å². The van der Waals surface area contributed by atoms with Crippen LogP contribution in [0, 0.1) is 0 Å². The first-order valence-electron chi connectivity index (χ1n) is 4.97. The van der Waals surface area contributed by atoms with Gasteiger partial charge in [-0.05, 0) is 0 Å². The highest BCUT2D eigenvalue weighted by molar-refractivity contribution is 5.12. The average molecular weight is 402 g/mol. The topological polar surface area (TPSA) is 0 Å². The van der Waals surface area contributed by atoms with Crippen molar-refractivity contribution >= 4 is 0 Å². The van der Waals surface area contributed by atoms with Crippen molar-refractivity contribution in [2.45, 2.75) is 48.4 Å². The minimum atomic E-state index is -8.28. The molecule has 0 aromatic rings. The fourth-order valence-corrected chi connectivity index (χ4v) is 1.09. The molecule has 0 aromatic carbocycles. The van der Waals surface area contributed by atoms with Crippen LogP contribution in [0.1, 0.15) is 0 Å². The van der Waals surface area contributed by atoms with Gasteiger partial charge in [0.15, 0.2) is 0 Å². The molecule has 0 nitrogen and oxygen atoms in total. The van der Waals surface area contributed by atoms with Crippen LogP contribution in [0.5, 0.6) is 0 Å². The van der Waals surface area contributed by atoms with Gasteiger partial charge in [-0.15, -0.1) is 0 Å². The SMILES string of the molecule is FC(F)C(F)(F)C(F)(F)C(F)(F)C(F)(F)C(F)(F)C(F)(F)C(F)F. The molecule has 0 rings (SSSR count). The van der Waals surface area contributed by atoms with E-state index in [4.69, 9.17) is 0 Å². The van der Waals surface area contributed by atoms with Gasteiger partial charge in [-0.2, -0.15) is 52.7 Å². The van der Waals surface area contributed by atoms with E-state index < -0.39 is 48.4 Å². The van der Waals surface area contributed by atoms with Crippen molar-refractivity contribution < 1.29 is 70.2 Å². The predicted octanol–water partition coefficient (Wildman–Crippen LogP) is 5.33. The van der Waals surface area contributed by atoms with Gasteiger partial charge >= 0.3 is 48.4 Å². The Balaban J connectivity index is 6.38. The molecule has 0 radical (unpaired) electrons. The van der Waals surface area contributed by atoms with Gasteiger partial charge < -0.3 is 0 Å². The summed E-state index contributed by atoms with van der Waals surface area (Å²) in [6.45, 7) is 0. The molecule has 0 aromatic heterocycles. The van der Waals surface area contributed by atoms with Crippen LogP contribution in [-0.2, 0) is 0 Å². The zero-order chi connectivity index (χ0) is 20.2. The number of hydrogen-bond acceptors (Lipinski definition) is 0. The summed E-state index contributed by atoms with van der Waals surface area (Å²) in [6, 6.07) is 0. The summed E-state index contributed by atoms with van der Waals surface area (Å²) in [5.41, 5.74) is 0. The monoisotopic (exact) mass is 402 g/mol. The molecule has 16 heteroatoms. The van der Waals surface area contributed by atoms with E-state index in [1.807, 2.05) is 0 Å². The molecule has 0 spiro atoms. The highest BCUT2D eigenvalue weighted by Gasteiger charge is 2.92. The number of alkyl halides is 16. The maximum absolute atomic E-state index is 12.8. The molecule has 0 bridgehead atoms. The highest BCUT2D eigenvalue weighted by Crippen LogP contribution is 2.61. The normalized spacial score (nSPS) is 16.2. The van der Waals surface area contributed by atoms with Crippen LogP contribution in [0.15, 0.2) is 0 Å². The molecule has 0 N–H and O–H groups in total. The highest BCUT2D eigenvalue weighted by atomic mass is 19.4. The molecule has 0 atom stereocenters. The van der Waals surface area contributed by atoms with Crippen LogP contribution in [0.2, 0.25) is 0 Å². The van der Waals surface area contributed by atoms with Crippen LogP contribution in [0.25, 0.3) is 0 Å². The van der Waals surface area contributed by atoms with Gasteiger partial charge in [0.1, 0.15) is 0 Å². The largest absolute Gasteiger partial charge is 0.384 e. The minimum Gasteiger partial charge on any atom is -0.203 e. The molecular formula is C8H2F16. The van der Waals surface area contributed by atoms with Gasteiger partial charge in [-0.3, -0.25) is 0 Å². The summed E-state index contributed by atoms with van der Waals surface area (Å²) < 4.78 is 197. The molecule has 0 aliphatic heterocycles. The second-order valence-corrected chi connectivity index (χ2v) is 4.14. The first-order chi connectivity index (χ1) is 10.1. The Bertz CT molecular complexity index is 405. The van der Waals surface area contributed by atoms with Gasteiger partial charge in [-0.25, -0.2) is 17.6 Å². The molecule has 146 valence electrons. The van der Waals surface area contributed by atoms with Crippen molar-refractivity contribution in [3.8, 4) is 0 Å². The Morgan fingerprint density at radius 1 is 0.333 bits per heavy atom. The van der Waals surface area contributed by atoms with Crippen molar-refractivity contribution in [3.63, 3.8) is 0 Å². The second-order valence-electron chi connectivity index (χ2n) is 4.14. The smallest absolute Gasteiger partial charge is 0.203 e. The third kappa shape index (κ3) is 2.64.